The van der Waals surface area contributed by atoms with E-state index in [1.54, 1.807) is 0 Å². The molecule has 2 aliphatic rings. The van der Waals surface area contributed by atoms with Gasteiger partial charge in [0.25, 0.3) is 0 Å². The molecule has 1 aliphatic carbocycles. The van der Waals surface area contributed by atoms with Crippen LogP contribution >= 0.6 is 0 Å². The molecule has 7 aromatic carbocycles. The summed E-state index contributed by atoms with van der Waals surface area (Å²) in [5.74, 6) is 1.96. The predicted molar refractivity (Wildman–Crippen MR) is 201 cm³/mol. The van der Waals surface area contributed by atoms with E-state index in [1.807, 2.05) is 36.4 Å². The number of hydrogen-bond acceptors (Lipinski definition) is 3. The van der Waals surface area contributed by atoms with E-state index in [2.05, 4.69) is 138 Å². The van der Waals surface area contributed by atoms with E-state index in [0.29, 0.717) is 17.5 Å². The number of hydrogen-bond donors (Lipinski definition) is 0. The van der Waals surface area contributed by atoms with Crippen molar-refractivity contribution in [2.24, 2.45) is 0 Å². The van der Waals surface area contributed by atoms with Crippen molar-refractivity contribution in [3.05, 3.63) is 192 Å². The normalized spacial score (nSPS) is 13.4. The van der Waals surface area contributed by atoms with Crippen LogP contribution < -0.4 is 0 Å². The van der Waals surface area contributed by atoms with Gasteiger partial charge in [-0.2, -0.15) is 0 Å². The van der Waals surface area contributed by atoms with Crippen molar-refractivity contribution < 1.29 is 0 Å². The molecule has 0 amide bonds. The molecule has 0 atom stereocenters. The van der Waals surface area contributed by atoms with Gasteiger partial charge in [-0.05, 0) is 57.6 Å². The molecule has 0 saturated carbocycles. The fraction of sp³-hybridized carbons (Fsp3) is 0.0217. The second kappa shape index (κ2) is 10.2. The fourth-order valence-corrected chi connectivity index (χ4v) is 8.64. The summed E-state index contributed by atoms with van der Waals surface area (Å²) in [6.07, 6.45) is 0. The van der Waals surface area contributed by atoms with Gasteiger partial charge in [0.15, 0.2) is 17.5 Å². The van der Waals surface area contributed by atoms with Gasteiger partial charge in [0.2, 0.25) is 0 Å². The first-order chi connectivity index (χ1) is 24.8. The Kier molecular flexibility index (Phi) is 5.56. The molecule has 9 aromatic rings. The highest BCUT2D eigenvalue weighted by molar-refractivity contribution is 6.12. The van der Waals surface area contributed by atoms with Crippen molar-refractivity contribution in [2.45, 2.75) is 5.41 Å². The predicted octanol–water partition coefficient (Wildman–Crippen LogP) is 10.6. The van der Waals surface area contributed by atoms with Gasteiger partial charge in [-0.25, -0.2) is 15.0 Å². The second-order valence-electron chi connectivity index (χ2n) is 13.2. The molecule has 11 rings (SSSR count). The first-order valence-electron chi connectivity index (χ1n) is 17.0. The number of benzene rings is 7. The molecule has 232 valence electrons. The molecule has 2 aromatic heterocycles. The first-order valence-corrected chi connectivity index (χ1v) is 17.0. The highest BCUT2D eigenvalue weighted by atomic mass is 15.0. The average Bonchev–Trinajstić information content (AvgIpc) is 3.69. The number of nitrogens with zero attached hydrogens (tertiary/aromatic N) is 4. The van der Waals surface area contributed by atoms with E-state index in [9.17, 15) is 0 Å². The molecule has 0 fully saturated rings. The third-order valence-electron chi connectivity index (χ3n) is 10.7. The summed E-state index contributed by atoms with van der Waals surface area (Å²) in [6, 6.07) is 60.7. The van der Waals surface area contributed by atoms with Crippen LogP contribution in [0.1, 0.15) is 22.3 Å². The van der Waals surface area contributed by atoms with E-state index in [0.717, 1.165) is 16.7 Å². The summed E-state index contributed by atoms with van der Waals surface area (Å²) in [6.45, 7) is 0. The zero-order chi connectivity index (χ0) is 32.8. The first kappa shape index (κ1) is 27.3. The van der Waals surface area contributed by atoms with Gasteiger partial charge in [-0.15, -0.1) is 0 Å². The lowest BCUT2D eigenvalue weighted by atomic mass is 9.65. The number of fused-ring (bicyclic) bond motifs is 12. The van der Waals surface area contributed by atoms with Gasteiger partial charge in [0, 0.05) is 27.5 Å². The van der Waals surface area contributed by atoms with E-state index >= 15 is 0 Å². The van der Waals surface area contributed by atoms with Gasteiger partial charge in [-0.3, -0.25) is 0 Å². The summed E-state index contributed by atoms with van der Waals surface area (Å²) in [7, 11) is 0. The van der Waals surface area contributed by atoms with Crippen LogP contribution in [0.3, 0.4) is 0 Å². The van der Waals surface area contributed by atoms with Gasteiger partial charge in [0.05, 0.1) is 22.1 Å². The van der Waals surface area contributed by atoms with Gasteiger partial charge >= 0.3 is 0 Å². The smallest absolute Gasteiger partial charge is 0.164 e. The van der Waals surface area contributed by atoms with Gasteiger partial charge in [-0.1, -0.05) is 146 Å². The molecule has 1 aliphatic heterocycles. The number of rotatable bonds is 3. The lowest BCUT2D eigenvalue weighted by Gasteiger charge is -2.39. The molecule has 50 heavy (non-hydrogen) atoms. The van der Waals surface area contributed by atoms with E-state index in [-0.39, 0.29) is 0 Å². The van der Waals surface area contributed by atoms with Crippen molar-refractivity contribution in [3.8, 4) is 51.0 Å². The van der Waals surface area contributed by atoms with Crippen molar-refractivity contribution in [2.75, 3.05) is 0 Å². The van der Waals surface area contributed by atoms with Crippen LogP contribution in [0.15, 0.2) is 170 Å². The SMILES string of the molecule is c1ccc(-c2nc(-c3ccccc3)nc(-c3ccc4c(c3)C3(c5ccccc5-c5ccccc53)c3cccc5c6ccccc6n-4c35)n2)cc1. The Labute approximate surface area is 289 Å². The highest BCUT2D eigenvalue weighted by Gasteiger charge is 2.50. The highest BCUT2D eigenvalue weighted by Crippen LogP contribution is 2.61. The Bertz CT molecular complexity index is 2710. The maximum absolute atomic E-state index is 5.15. The quantitative estimate of drug-likeness (QED) is 0.194. The van der Waals surface area contributed by atoms with Crippen molar-refractivity contribution in [1.29, 1.82) is 0 Å². The topological polar surface area (TPSA) is 43.6 Å². The van der Waals surface area contributed by atoms with Gasteiger partial charge < -0.3 is 4.57 Å². The van der Waals surface area contributed by atoms with E-state index in [4.69, 9.17) is 15.0 Å². The standard InChI is InChI=1S/C46H28N4/c1-3-14-29(15-4-1)43-47-44(30-16-5-2-6-17-30)49-45(48-43)31-26-27-41-39(28-31)46(36-22-10-7-18-32(36)33-19-8-11-23-37(33)46)38-24-13-21-35-34-20-9-12-25-40(34)50(41)42(35)38/h1-28H. The van der Waals surface area contributed by atoms with Crippen molar-refractivity contribution in [3.63, 3.8) is 0 Å². The molecule has 0 bridgehead atoms. The Hall–Kier alpha value is -6.65. The molecular weight excluding hydrogens is 609 g/mol. The monoisotopic (exact) mass is 636 g/mol. The molecule has 0 saturated heterocycles. The molecule has 4 nitrogen and oxygen atoms in total. The summed E-state index contributed by atoms with van der Waals surface area (Å²) in [4.78, 5) is 15.3. The van der Waals surface area contributed by atoms with Crippen LogP contribution in [0.5, 0.6) is 0 Å². The zero-order valence-corrected chi connectivity index (χ0v) is 27.0. The van der Waals surface area contributed by atoms with Crippen LogP contribution in [-0.2, 0) is 5.41 Å². The summed E-state index contributed by atoms with van der Waals surface area (Å²) >= 11 is 0. The summed E-state index contributed by atoms with van der Waals surface area (Å²) < 4.78 is 2.48. The van der Waals surface area contributed by atoms with Crippen LogP contribution in [0.2, 0.25) is 0 Å². The van der Waals surface area contributed by atoms with E-state index in [1.165, 1.54) is 60.9 Å². The molecular formula is C46H28N4. The van der Waals surface area contributed by atoms with Crippen LogP contribution in [-0.4, -0.2) is 19.5 Å². The molecule has 0 unspecified atom stereocenters. The summed E-state index contributed by atoms with van der Waals surface area (Å²) in [5.41, 5.74) is 13.6. The molecule has 0 N–H and O–H groups in total. The third-order valence-corrected chi connectivity index (χ3v) is 10.7. The molecule has 0 radical (unpaired) electrons. The lowest BCUT2D eigenvalue weighted by molar-refractivity contribution is 0.748. The van der Waals surface area contributed by atoms with E-state index < -0.39 is 5.41 Å². The number of aromatic nitrogens is 4. The Morgan fingerprint density at radius 1 is 0.380 bits per heavy atom. The van der Waals surface area contributed by atoms with Crippen LogP contribution in [0.4, 0.5) is 0 Å². The Morgan fingerprint density at radius 2 is 0.900 bits per heavy atom. The van der Waals surface area contributed by atoms with Gasteiger partial charge in [0.1, 0.15) is 0 Å². The largest absolute Gasteiger partial charge is 0.309 e. The maximum atomic E-state index is 5.15. The fourth-order valence-electron chi connectivity index (χ4n) is 8.64. The zero-order valence-electron chi connectivity index (χ0n) is 27.0. The van der Waals surface area contributed by atoms with Crippen LogP contribution in [0.25, 0.3) is 72.8 Å². The van der Waals surface area contributed by atoms with Crippen molar-refractivity contribution in [1.82, 2.24) is 19.5 Å². The molecule has 3 heterocycles. The maximum Gasteiger partial charge on any atom is 0.164 e. The lowest BCUT2D eigenvalue weighted by Crippen LogP contribution is -2.33. The number of para-hydroxylation sites is 2. The average molecular weight is 637 g/mol. The second-order valence-corrected chi connectivity index (χ2v) is 13.2. The molecule has 4 heteroatoms. The Balaban J connectivity index is 1.27. The third kappa shape index (κ3) is 3.57. The molecule has 1 spiro atoms. The van der Waals surface area contributed by atoms with Crippen LogP contribution in [0, 0.1) is 0 Å². The minimum Gasteiger partial charge on any atom is -0.309 e. The Morgan fingerprint density at radius 3 is 1.56 bits per heavy atom. The minimum absolute atomic E-state index is 0.542. The van der Waals surface area contributed by atoms with Crippen molar-refractivity contribution >= 4 is 21.8 Å². The minimum atomic E-state index is -0.542. The summed E-state index contributed by atoms with van der Waals surface area (Å²) in [5, 5.41) is 2.53.